The van der Waals surface area contributed by atoms with Gasteiger partial charge in [0, 0.05) is 6.54 Å². The van der Waals surface area contributed by atoms with Gasteiger partial charge in [-0.05, 0) is 19.1 Å². The lowest BCUT2D eigenvalue weighted by Gasteiger charge is -2.34. The summed E-state index contributed by atoms with van der Waals surface area (Å²) < 4.78 is 5.67. The number of ether oxygens (including phenoxy) is 1. The lowest BCUT2D eigenvalue weighted by atomic mass is 10.2. The van der Waals surface area contributed by atoms with Crippen LogP contribution in [0.15, 0.2) is 30.9 Å². The highest BCUT2D eigenvalue weighted by Crippen LogP contribution is 2.39. The van der Waals surface area contributed by atoms with Crippen molar-refractivity contribution in [3.05, 3.63) is 35.9 Å². The average molecular weight is 378 g/mol. The molecule has 1 aromatic rings. The summed E-state index contributed by atoms with van der Waals surface area (Å²) in [5, 5.41) is 0.354. The van der Waals surface area contributed by atoms with Gasteiger partial charge >= 0.3 is 17.8 Å². The van der Waals surface area contributed by atoms with Gasteiger partial charge in [0.15, 0.2) is 5.75 Å². The molecule has 0 saturated carbocycles. The molecule has 136 valence electrons. The van der Waals surface area contributed by atoms with Gasteiger partial charge < -0.3 is 9.64 Å². The fourth-order valence-electron chi connectivity index (χ4n) is 2.86. The van der Waals surface area contributed by atoms with Crippen LogP contribution in [0.5, 0.6) is 5.75 Å². The van der Waals surface area contributed by atoms with Gasteiger partial charge in [0.05, 0.1) is 17.3 Å². The molecule has 1 saturated heterocycles. The third kappa shape index (κ3) is 2.92. The van der Waals surface area contributed by atoms with E-state index in [1.807, 2.05) is 0 Å². The Morgan fingerprint density at radius 2 is 2.00 bits per heavy atom. The number of anilines is 1. The van der Waals surface area contributed by atoms with Crippen LogP contribution >= 0.6 is 11.6 Å². The standard InChI is InChI=1S/C17H16ClN3O5/c1-3-7-19-15(23)16(24)21(17(19)25)9-13(22)20-8-10(2)26-14-11(18)5-4-6-12(14)20/h3-6,10H,1,7-9H2,2H3. The van der Waals surface area contributed by atoms with E-state index in [2.05, 4.69) is 6.58 Å². The molecule has 9 heteroatoms. The minimum Gasteiger partial charge on any atom is -0.485 e. The topological polar surface area (TPSA) is 87.2 Å². The van der Waals surface area contributed by atoms with Crippen LogP contribution in [0, 0.1) is 0 Å². The highest BCUT2D eigenvalue weighted by molar-refractivity contribution is 6.45. The van der Waals surface area contributed by atoms with Gasteiger partial charge in [0.2, 0.25) is 5.91 Å². The van der Waals surface area contributed by atoms with Crippen LogP contribution in [0.3, 0.4) is 0 Å². The second kappa shape index (κ2) is 6.80. The normalized spacial score (nSPS) is 19.5. The quantitative estimate of drug-likeness (QED) is 0.450. The van der Waals surface area contributed by atoms with Crippen molar-refractivity contribution in [2.45, 2.75) is 13.0 Å². The first kappa shape index (κ1) is 17.9. The van der Waals surface area contributed by atoms with Crippen molar-refractivity contribution in [1.29, 1.82) is 0 Å². The van der Waals surface area contributed by atoms with E-state index in [0.29, 0.717) is 21.4 Å². The molecule has 3 rings (SSSR count). The molecule has 1 atom stereocenters. The van der Waals surface area contributed by atoms with Gasteiger partial charge in [-0.2, -0.15) is 0 Å². The molecule has 1 unspecified atom stereocenters. The van der Waals surface area contributed by atoms with E-state index in [-0.39, 0.29) is 19.2 Å². The van der Waals surface area contributed by atoms with E-state index < -0.39 is 30.3 Å². The van der Waals surface area contributed by atoms with Gasteiger partial charge in [-0.25, -0.2) is 9.69 Å². The number of carbonyl (C=O) groups excluding carboxylic acids is 4. The minimum absolute atomic E-state index is 0.0961. The Morgan fingerprint density at radius 1 is 1.31 bits per heavy atom. The van der Waals surface area contributed by atoms with Crippen molar-refractivity contribution >= 4 is 41.0 Å². The highest BCUT2D eigenvalue weighted by Gasteiger charge is 2.45. The molecule has 5 amide bonds. The van der Waals surface area contributed by atoms with E-state index in [9.17, 15) is 19.2 Å². The molecule has 0 bridgehead atoms. The zero-order valence-electron chi connectivity index (χ0n) is 14.0. The number of hydrogen-bond donors (Lipinski definition) is 0. The van der Waals surface area contributed by atoms with E-state index >= 15 is 0 Å². The zero-order valence-corrected chi connectivity index (χ0v) is 14.7. The first-order valence-corrected chi connectivity index (χ1v) is 8.26. The molecular weight excluding hydrogens is 362 g/mol. The van der Waals surface area contributed by atoms with Crippen molar-refractivity contribution in [1.82, 2.24) is 9.80 Å². The summed E-state index contributed by atoms with van der Waals surface area (Å²) in [5.41, 5.74) is 0.453. The SMILES string of the molecule is C=CCN1C(=O)C(=O)N(CC(=O)N2CC(C)Oc3c(Cl)cccc32)C1=O. The number of benzene rings is 1. The molecule has 0 aliphatic carbocycles. The molecule has 0 aromatic heterocycles. The Labute approximate surface area is 154 Å². The summed E-state index contributed by atoms with van der Waals surface area (Å²) in [6, 6.07) is 4.14. The molecule has 1 aromatic carbocycles. The number of fused-ring (bicyclic) bond motifs is 1. The fourth-order valence-corrected chi connectivity index (χ4v) is 3.07. The Morgan fingerprint density at radius 3 is 2.69 bits per heavy atom. The number of imide groups is 2. The molecule has 2 heterocycles. The maximum atomic E-state index is 12.8. The number of para-hydroxylation sites is 1. The van der Waals surface area contributed by atoms with Crippen molar-refractivity contribution in [3.8, 4) is 5.75 Å². The maximum absolute atomic E-state index is 12.8. The van der Waals surface area contributed by atoms with E-state index in [4.69, 9.17) is 16.3 Å². The monoisotopic (exact) mass is 377 g/mol. The number of urea groups is 1. The van der Waals surface area contributed by atoms with Crippen LogP contribution in [0.2, 0.25) is 5.02 Å². The predicted molar refractivity (Wildman–Crippen MR) is 92.9 cm³/mol. The number of amides is 5. The molecular formula is C17H16ClN3O5. The third-order valence-corrected chi connectivity index (χ3v) is 4.33. The van der Waals surface area contributed by atoms with Crippen LogP contribution in [-0.4, -0.2) is 59.3 Å². The number of carbonyl (C=O) groups is 4. The van der Waals surface area contributed by atoms with Crippen LogP contribution in [0.4, 0.5) is 10.5 Å². The number of halogens is 1. The largest absolute Gasteiger partial charge is 0.485 e. The third-order valence-electron chi connectivity index (χ3n) is 4.04. The molecule has 8 nitrogen and oxygen atoms in total. The average Bonchev–Trinajstić information content (AvgIpc) is 2.80. The lowest BCUT2D eigenvalue weighted by Crippen LogP contribution is -2.48. The smallest absolute Gasteiger partial charge is 0.335 e. The summed E-state index contributed by atoms with van der Waals surface area (Å²) in [6.45, 7) is 4.80. The van der Waals surface area contributed by atoms with Gasteiger partial charge in [-0.1, -0.05) is 23.7 Å². The van der Waals surface area contributed by atoms with E-state index in [0.717, 1.165) is 4.90 Å². The van der Waals surface area contributed by atoms with E-state index in [1.54, 1.807) is 25.1 Å². The summed E-state index contributed by atoms with van der Waals surface area (Å²) in [5.74, 6) is -2.15. The Bertz CT molecular complexity index is 825. The van der Waals surface area contributed by atoms with Crippen LogP contribution in [-0.2, 0) is 14.4 Å². The second-order valence-electron chi connectivity index (χ2n) is 5.90. The van der Waals surface area contributed by atoms with Gasteiger partial charge in [-0.15, -0.1) is 6.58 Å². The number of nitrogens with zero attached hydrogens (tertiary/aromatic N) is 3. The van der Waals surface area contributed by atoms with Crippen LogP contribution < -0.4 is 9.64 Å². The molecule has 0 spiro atoms. The van der Waals surface area contributed by atoms with Crippen molar-refractivity contribution in [3.63, 3.8) is 0 Å². The summed E-state index contributed by atoms with van der Waals surface area (Å²) in [4.78, 5) is 51.7. The zero-order chi connectivity index (χ0) is 19.0. The fraction of sp³-hybridized carbons (Fsp3) is 0.294. The molecule has 0 radical (unpaired) electrons. The summed E-state index contributed by atoms with van der Waals surface area (Å²) >= 11 is 6.12. The highest BCUT2D eigenvalue weighted by atomic mass is 35.5. The Balaban J connectivity index is 1.84. The molecule has 1 fully saturated rings. The van der Waals surface area contributed by atoms with Gasteiger partial charge in [0.1, 0.15) is 12.6 Å². The van der Waals surface area contributed by atoms with Crippen LogP contribution in [0.25, 0.3) is 0 Å². The van der Waals surface area contributed by atoms with Crippen molar-refractivity contribution in [2.75, 3.05) is 24.5 Å². The minimum atomic E-state index is -1.03. The van der Waals surface area contributed by atoms with Crippen LogP contribution in [0.1, 0.15) is 6.92 Å². The van der Waals surface area contributed by atoms with Crippen molar-refractivity contribution in [2.24, 2.45) is 0 Å². The first-order valence-electron chi connectivity index (χ1n) is 7.89. The van der Waals surface area contributed by atoms with E-state index in [1.165, 1.54) is 11.0 Å². The van der Waals surface area contributed by atoms with Gasteiger partial charge in [-0.3, -0.25) is 19.3 Å². The summed E-state index contributed by atoms with van der Waals surface area (Å²) in [6.07, 6.45) is 1.01. The predicted octanol–water partition coefficient (Wildman–Crippen LogP) is 1.43. The number of hydrogen-bond acceptors (Lipinski definition) is 5. The Hall–Kier alpha value is -2.87. The van der Waals surface area contributed by atoms with Gasteiger partial charge in [0.25, 0.3) is 0 Å². The molecule has 2 aliphatic rings. The lowest BCUT2D eigenvalue weighted by molar-refractivity contribution is -0.143. The number of rotatable bonds is 4. The maximum Gasteiger partial charge on any atom is 0.335 e. The molecule has 2 aliphatic heterocycles. The second-order valence-corrected chi connectivity index (χ2v) is 6.31. The molecule has 0 N–H and O–H groups in total. The first-order chi connectivity index (χ1) is 12.3. The summed E-state index contributed by atoms with van der Waals surface area (Å²) in [7, 11) is 0. The molecule has 26 heavy (non-hydrogen) atoms. The van der Waals surface area contributed by atoms with Crippen molar-refractivity contribution < 1.29 is 23.9 Å². The Kier molecular flexibility index (Phi) is 4.69.